The van der Waals surface area contributed by atoms with Crippen LogP contribution in [0.25, 0.3) is 0 Å². The third-order valence-electron chi connectivity index (χ3n) is 5.54. The Labute approximate surface area is 123 Å². The molecule has 1 atom stereocenters. The van der Waals surface area contributed by atoms with Crippen molar-refractivity contribution >= 4 is 5.69 Å². The highest BCUT2D eigenvalue weighted by Crippen LogP contribution is 2.36. The van der Waals surface area contributed by atoms with Crippen molar-refractivity contribution in [1.29, 1.82) is 0 Å². The molecule has 1 saturated carbocycles. The Balaban J connectivity index is 1.92. The van der Waals surface area contributed by atoms with Crippen molar-refractivity contribution in [3.8, 4) is 0 Å². The predicted octanol–water partition coefficient (Wildman–Crippen LogP) is 3.80. The molecule has 1 heterocycles. The molecule has 110 valence electrons. The molecule has 3 rings (SSSR count). The summed E-state index contributed by atoms with van der Waals surface area (Å²) < 4.78 is 0. The third kappa shape index (κ3) is 2.35. The maximum atomic E-state index is 3.89. The minimum atomic E-state index is 0.391. The van der Waals surface area contributed by atoms with E-state index in [1.54, 1.807) is 0 Å². The fraction of sp³-hybridized carbons (Fsp3) is 0.667. The van der Waals surface area contributed by atoms with E-state index in [0.717, 1.165) is 6.54 Å². The zero-order valence-electron chi connectivity index (χ0n) is 13.2. The zero-order chi connectivity index (χ0) is 14.2. The van der Waals surface area contributed by atoms with E-state index in [2.05, 4.69) is 49.2 Å². The van der Waals surface area contributed by atoms with Crippen LogP contribution in [0.5, 0.6) is 0 Å². The van der Waals surface area contributed by atoms with Gasteiger partial charge in [-0.25, -0.2) is 0 Å². The van der Waals surface area contributed by atoms with Gasteiger partial charge in [0.25, 0.3) is 0 Å². The minimum Gasteiger partial charge on any atom is -0.365 e. The average Bonchev–Trinajstić information content (AvgIpc) is 2.90. The maximum absolute atomic E-state index is 3.89. The lowest BCUT2D eigenvalue weighted by atomic mass is 9.90. The average molecular weight is 272 g/mol. The molecule has 2 aliphatic rings. The van der Waals surface area contributed by atoms with Crippen LogP contribution in [-0.2, 0) is 0 Å². The summed E-state index contributed by atoms with van der Waals surface area (Å²) in [5.74, 6) is 0. The molecule has 20 heavy (non-hydrogen) atoms. The van der Waals surface area contributed by atoms with Crippen LogP contribution in [0.15, 0.2) is 18.2 Å². The van der Waals surface area contributed by atoms with Gasteiger partial charge < -0.3 is 10.2 Å². The van der Waals surface area contributed by atoms with Crippen molar-refractivity contribution in [2.75, 3.05) is 18.0 Å². The monoisotopic (exact) mass is 272 g/mol. The molecule has 0 radical (unpaired) electrons. The van der Waals surface area contributed by atoms with Crippen LogP contribution in [0.1, 0.15) is 50.2 Å². The molecular formula is C18H28N2. The minimum absolute atomic E-state index is 0.391. The van der Waals surface area contributed by atoms with Gasteiger partial charge in [-0.2, -0.15) is 0 Å². The summed E-state index contributed by atoms with van der Waals surface area (Å²) in [6.07, 6.45) is 6.71. The lowest BCUT2D eigenvalue weighted by Gasteiger charge is -2.48. The number of piperazine rings is 1. The molecule has 1 unspecified atom stereocenters. The zero-order valence-corrected chi connectivity index (χ0v) is 13.2. The molecule has 1 aliphatic heterocycles. The number of aryl methyl sites for hydroxylation is 1. The number of rotatable bonds is 2. The SMILES string of the molecule is CCC1CNC2(CCCC2)CN1c1cccc(C)c1C. The standard InChI is InChI=1S/C18H28N2/c1-4-16-12-19-18(10-5-6-11-18)13-20(16)17-9-7-8-14(2)15(17)3/h7-9,16,19H,4-6,10-13H2,1-3H3. The second-order valence-electron chi connectivity index (χ2n) is 6.78. The quantitative estimate of drug-likeness (QED) is 0.881. The van der Waals surface area contributed by atoms with Gasteiger partial charge >= 0.3 is 0 Å². The highest BCUT2D eigenvalue weighted by molar-refractivity contribution is 5.57. The largest absolute Gasteiger partial charge is 0.365 e. The summed E-state index contributed by atoms with van der Waals surface area (Å²) in [5, 5.41) is 3.89. The van der Waals surface area contributed by atoms with Gasteiger partial charge in [0.1, 0.15) is 0 Å². The van der Waals surface area contributed by atoms with E-state index in [0.29, 0.717) is 11.6 Å². The summed E-state index contributed by atoms with van der Waals surface area (Å²) in [7, 11) is 0. The summed E-state index contributed by atoms with van der Waals surface area (Å²) in [5.41, 5.74) is 4.73. The number of nitrogens with zero attached hydrogens (tertiary/aromatic N) is 1. The normalized spacial score (nSPS) is 25.4. The van der Waals surface area contributed by atoms with Gasteiger partial charge in [-0.1, -0.05) is 31.9 Å². The highest BCUT2D eigenvalue weighted by Gasteiger charge is 2.40. The molecule has 1 aromatic carbocycles. The van der Waals surface area contributed by atoms with Gasteiger partial charge in [-0.3, -0.25) is 0 Å². The molecule has 1 aliphatic carbocycles. The molecule has 1 N–H and O–H groups in total. The van der Waals surface area contributed by atoms with E-state index in [1.165, 1.54) is 55.5 Å². The van der Waals surface area contributed by atoms with Gasteiger partial charge in [0, 0.05) is 30.4 Å². The molecule has 0 amide bonds. The van der Waals surface area contributed by atoms with Gasteiger partial charge in [-0.15, -0.1) is 0 Å². The number of hydrogen-bond donors (Lipinski definition) is 1. The fourth-order valence-corrected chi connectivity index (χ4v) is 4.04. The number of benzene rings is 1. The number of hydrogen-bond acceptors (Lipinski definition) is 2. The van der Waals surface area contributed by atoms with Crippen LogP contribution in [0, 0.1) is 13.8 Å². The Morgan fingerprint density at radius 2 is 2.00 bits per heavy atom. The van der Waals surface area contributed by atoms with Gasteiger partial charge in [-0.05, 0) is 50.3 Å². The van der Waals surface area contributed by atoms with Crippen molar-refractivity contribution in [2.24, 2.45) is 0 Å². The van der Waals surface area contributed by atoms with Crippen LogP contribution in [0.2, 0.25) is 0 Å². The van der Waals surface area contributed by atoms with Crippen LogP contribution < -0.4 is 10.2 Å². The van der Waals surface area contributed by atoms with E-state index < -0.39 is 0 Å². The predicted molar refractivity (Wildman–Crippen MR) is 86.5 cm³/mol. The lowest BCUT2D eigenvalue weighted by molar-refractivity contribution is 0.267. The molecular weight excluding hydrogens is 244 g/mol. The van der Waals surface area contributed by atoms with Gasteiger partial charge in [0.15, 0.2) is 0 Å². The maximum Gasteiger partial charge on any atom is 0.0413 e. The Kier molecular flexibility index (Phi) is 3.76. The Bertz CT molecular complexity index is 474. The Morgan fingerprint density at radius 1 is 1.25 bits per heavy atom. The molecule has 1 spiro atoms. The summed E-state index contributed by atoms with van der Waals surface area (Å²) in [4.78, 5) is 2.70. The Hall–Kier alpha value is -1.02. The van der Waals surface area contributed by atoms with Crippen molar-refractivity contribution in [1.82, 2.24) is 5.32 Å². The Morgan fingerprint density at radius 3 is 2.70 bits per heavy atom. The van der Waals surface area contributed by atoms with Gasteiger partial charge in [0.2, 0.25) is 0 Å². The summed E-state index contributed by atoms with van der Waals surface area (Å²) in [6, 6.07) is 7.40. The molecule has 1 saturated heterocycles. The molecule has 2 heteroatoms. The van der Waals surface area contributed by atoms with Crippen molar-refractivity contribution in [3.05, 3.63) is 29.3 Å². The molecule has 0 bridgehead atoms. The second kappa shape index (κ2) is 5.40. The third-order valence-corrected chi connectivity index (χ3v) is 5.54. The van der Waals surface area contributed by atoms with Crippen molar-refractivity contribution in [2.45, 2.75) is 64.5 Å². The summed E-state index contributed by atoms with van der Waals surface area (Å²) in [6.45, 7) is 9.16. The van der Waals surface area contributed by atoms with E-state index in [4.69, 9.17) is 0 Å². The van der Waals surface area contributed by atoms with Crippen molar-refractivity contribution in [3.63, 3.8) is 0 Å². The van der Waals surface area contributed by atoms with Crippen LogP contribution in [0.3, 0.4) is 0 Å². The van der Waals surface area contributed by atoms with E-state index in [9.17, 15) is 0 Å². The van der Waals surface area contributed by atoms with E-state index >= 15 is 0 Å². The first-order chi connectivity index (χ1) is 9.65. The lowest BCUT2D eigenvalue weighted by Crippen LogP contribution is -2.63. The smallest absolute Gasteiger partial charge is 0.0413 e. The van der Waals surface area contributed by atoms with Crippen LogP contribution in [-0.4, -0.2) is 24.7 Å². The molecule has 2 nitrogen and oxygen atoms in total. The first-order valence-electron chi connectivity index (χ1n) is 8.23. The van der Waals surface area contributed by atoms with Crippen LogP contribution >= 0.6 is 0 Å². The topological polar surface area (TPSA) is 15.3 Å². The number of nitrogens with one attached hydrogen (secondary N) is 1. The molecule has 1 aromatic rings. The number of anilines is 1. The van der Waals surface area contributed by atoms with E-state index in [1.807, 2.05) is 0 Å². The van der Waals surface area contributed by atoms with Crippen LogP contribution in [0.4, 0.5) is 5.69 Å². The van der Waals surface area contributed by atoms with Crippen molar-refractivity contribution < 1.29 is 0 Å². The highest BCUT2D eigenvalue weighted by atomic mass is 15.3. The molecule has 0 aromatic heterocycles. The first kappa shape index (κ1) is 13.9. The molecule has 2 fully saturated rings. The summed E-state index contributed by atoms with van der Waals surface area (Å²) >= 11 is 0. The second-order valence-corrected chi connectivity index (χ2v) is 6.78. The first-order valence-corrected chi connectivity index (χ1v) is 8.23. The van der Waals surface area contributed by atoms with E-state index in [-0.39, 0.29) is 0 Å². The fourth-order valence-electron chi connectivity index (χ4n) is 4.04. The van der Waals surface area contributed by atoms with Gasteiger partial charge in [0.05, 0.1) is 0 Å².